The molecule has 0 heterocycles. The van der Waals surface area contributed by atoms with Crippen molar-refractivity contribution in [3.8, 4) is 17.2 Å². The molecule has 0 bridgehead atoms. The summed E-state index contributed by atoms with van der Waals surface area (Å²) in [5.41, 5.74) is 0.0118. The topological polar surface area (TPSA) is 122 Å². The van der Waals surface area contributed by atoms with Gasteiger partial charge in [0.1, 0.15) is 11.5 Å². The number of nitrogens with one attached hydrogen (secondary N) is 1. The van der Waals surface area contributed by atoms with E-state index in [2.05, 4.69) is 5.32 Å². The molecule has 0 radical (unpaired) electrons. The Morgan fingerprint density at radius 1 is 0.800 bits per heavy atom. The zero-order valence-corrected chi connectivity index (χ0v) is 15.8. The summed E-state index contributed by atoms with van der Waals surface area (Å²) in [5.74, 6) is -2.12. The van der Waals surface area contributed by atoms with Crippen molar-refractivity contribution in [2.75, 3.05) is 12.4 Å². The van der Waals surface area contributed by atoms with E-state index in [-0.39, 0.29) is 23.0 Å². The molecule has 0 unspecified atom stereocenters. The summed E-state index contributed by atoms with van der Waals surface area (Å²) in [5, 5.41) is 21.1. The Bertz CT molecular complexity index is 1110. The van der Waals surface area contributed by atoms with Crippen LogP contribution >= 0.6 is 0 Å². The summed E-state index contributed by atoms with van der Waals surface area (Å²) in [7, 11) is 1.53. The van der Waals surface area contributed by atoms with Gasteiger partial charge < -0.3 is 25.0 Å². The molecule has 0 aliphatic heterocycles. The fourth-order valence-electron chi connectivity index (χ4n) is 2.67. The lowest BCUT2D eigenvalue weighted by Crippen LogP contribution is -2.12. The molecule has 0 saturated carbocycles. The van der Waals surface area contributed by atoms with Gasteiger partial charge in [-0.2, -0.15) is 0 Å². The summed E-state index contributed by atoms with van der Waals surface area (Å²) in [6.45, 7) is 0. The molecule has 3 N–H and O–H groups in total. The van der Waals surface area contributed by atoms with E-state index in [1.165, 1.54) is 13.2 Å². The number of aromatic carboxylic acids is 2. The van der Waals surface area contributed by atoms with Gasteiger partial charge in [-0.3, -0.25) is 4.79 Å². The van der Waals surface area contributed by atoms with Crippen molar-refractivity contribution < 1.29 is 34.1 Å². The molecule has 0 atom stereocenters. The summed E-state index contributed by atoms with van der Waals surface area (Å²) >= 11 is 0. The average molecular weight is 407 g/mol. The van der Waals surface area contributed by atoms with Gasteiger partial charge in [0.25, 0.3) is 5.91 Å². The Kier molecular flexibility index (Phi) is 5.97. The Labute approximate surface area is 171 Å². The number of carboxylic acid groups (broad SMARTS) is 2. The monoisotopic (exact) mass is 407 g/mol. The highest BCUT2D eigenvalue weighted by Gasteiger charge is 2.18. The normalized spacial score (nSPS) is 10.2. The quantitative estimate of drug-likeness (QED) is 0.538. The van der Waals surface area contributed by atoms with Crippen molar-refractivity contribution in [2.45, 2.75) is 0 Å². The van der Waals surface area contributed by atoms with Crippen LogP contribution in [0.2, 0.25) is 0 Å². The van der Waals surface area contributed by atoms with Crippen LogP contribution in [-0.4, -0.2) is 35.2 Å². The molecule has 0 aliphatic carbocycles. The second-order valence-corrected chi connectivity index (χ2v) is 6.10. The van der Waals surface area contributed by atoms with E-state index in [1.807, 2.05) is 0 Å². The van der Waals surface area contributed by atoms with E-state index in [0.717, 1.165) is 12.1 Å². The molecule has 3 aromatic carbocycles. The summed E-state index contributed by atoms with van der Waals surface area (Å²) in [6, 6.07) is 16.8. The minimum absolute atomic E-state index is 0.114. The SMILES string of the molecule is COc1ccc(C(=O)Nc2ccccc2Oc2ccc(C(=O)O)c(C(=O)O)c2)cc1. The third kappa shape index (κ3) is 4.56. The van der Waals surface area contributed by atoms with Crippen molar-refractivity contribution in [3.63, 3.8) is 0 Å². The van der Waals surface area contributed by atoms with Crippen molar-refractivity contribution in [1.29, 1.82) is 0 Å². The maximum absolute atomic E-state index is 12.5. The Morgan fingerprint density at radius 2 is 1.43 bits per heavy atom. The molecule has 0 spiro atoms. The number of amides is 1. The van der Waals surface area contributed by atoms with Gasteiger partial charge in [-0.15, -0.1) is 0 Å². The minimum Gasteiger partial charge on any atom is -0.497 e. The number of carbonyl (C=O) groups is 3. The fraction of sp³-hybridized carbons (Fsp3) is 0.0455. The molecule has 1 amide bonds. The first-order chi connectivity index (χ1) is 14.4. The highest BCUT2D eigenvalue weighted by molar-refractivity contribution is 6.05. The molecule has 30 heavy (non-hydrogen) atoms. The summed E-state index contributed by atoms with van der Waals surface area (Å²) in [4.78, 5) is 35.1. The molecule has 8 heteroatoms. The first-order valence-corrected chi connectivity index (χ1v) is 8.72. The number of carbonyl (C=O) groups excluding carboxylic acids is 1. The number of anilines is 1. The molecule has 0 fully saturated rings. The standard InChI is InChI=1S/C22H17NO7/c1-29-14-8-6-13(7-9-14)20(24)23-18-4-2-3-5-19(18)30-15-10-11-16(21(25)26)17(12-15)22(27)28/h2-12H,1H3,(H,23,24)(H,25,26)(H,27,28). The minimum atomic E-state index is -1.39. The second-order valence-electron chi connectivity index (χ2n) is 6.10. The van der Waals surface area contributed by atoms with Crippen molar-refractivity contribution in [1.82, 2.24) is 0 Å². The second kappa shape index (κ2) is 8.78. The van der Waals surface area contributed by atoms with Crippen LogP contribution in [0.3, 0.4) is 0 Å². The van der Waals surface area contributed by atoms with Gasteiger partial charge in [-0.05, 0) is 54.6 Å². The van der Waals surface area contributed by atoms with Gasteiger partial charge in [0, 0.05) is 5.56 Å². The van der Waals surface area contributed by atoms with E-state index >= 15 is 0 Å². The van der Waals surface area contributed by atoms with E-state index in [0.29, 0.717) is 17.0 Å². The van der Waals surface area contributed by atoms with Crippen LogP contribution in [0, 0.1) is 0 Å². The van der Waals surface area contributed by atoms with Crippen LogP contribution in [0.15, 0.2) is 66.7 Å². The zero-order valence-electron chi connectivity index (χ0n) is 15.8. The van der Waals surface area contributed by atoms with Gasteiger partial charge in [-0.25, -0.2) is 9.59 Å². The lowest BCUT2D eigenvalue weighted by Gasteiger charge is -2.13. The average Bonchev–Trinajstić information content (AvgIpc) is 2.75. The Hall–Kier alpha value is -4.33. The number of ether oxygens (including phenoxy) is 2. The van der Waals surface area contributed by atoms with Crippen molar-refractivity contribution >= 4 is 23.5 Å². The third-order valence-corrected chi connectivity index (χ3v) is 4.17. The highest BCUT2D eigenvalue weighted by Crippen LogP contribution is 2.31. The van der Waals surface area contributed by atoms with E-state index in [4.69, 9.17) is 14.6 Å². The smallest absolute Gasteiger partial charge is 0.336 e. The fourth-order valence-corrected chi connectivity index (χ4v) is 2.67. The van der Waals surface area contributed by atoms with Crippen molar-refractivity contribution in [2.24, 2.45) is 0 Å². The number of methoxy groups -OCH3 is 1. The summed E-state index contributed by atoms with van der Waals surface area (Å²) < 4.78 is 10.8. The van der Waals surface area contributed by atoms with E-state index in [1.54, 1.807) is 48.5 Å². The van der Waals surface area contributed by atoms with Crippen LogP contribution in [0.1, 0.15) is 31.1 Å². The van der Waals surface area contributed by atoms with Crippen LogP contribution in [0.25, 0.3) is 0 Å². The molecule has 0 saturated heterocycles. The van der Waals surface area contributed by atoms with Crippen molar-refractivity contribution in [3.05, 3.63) is 83.4 Å². The van der Waals surface area contributed by atoms with Crippen LogP contribution < -0.4 is 14.8 Å². The Balaban J connectivity index is 1.85. The molecule has 8 nitrogen and oxygen atoms in total. The van der Waals surface area contributed by atoms with E-state index < -0.39 is 17.5 Å². The molecule has 0 aliphatic rings. The number of para-hydroxylation sites is 2. The lowest BCUT2D eigenvalue weighted by atomic mass is 10.1. The predicted molar refractivity (Wildman–Crippen MR) is 108 cm³/mol. The molecule has 0 aromatic heterocycles. The Morgan fingerprint density at radius 3 is 2.07 bits per heavy atom. The van der Waals surface area contributed by atoms with E-state index in [9.17, 15) is 19.5 Å². The first kappa shape index (κ1) is 20.4. The van der Waals surface area contributed by atoms with Crippen LogP contribution in [0.4, 0.5) is 5.69 Å². The third-order valence-electron chi connectivity index (χ3n) is 4.17. The molecular weight excluding hydrogens is 390 g/mol. The summed E-state index contributed by atoms with van der Waals surface area (Å²) in [6.07, 6.45) is 0. The highest BCUT2D eigenvalue weighted by atomic mass is 16.5. The van der Waals surface area contributed by atoms with Gasteiger partial charge in [0.15, 0.2) is 5.75 Å². The van der Waals surface area contributed by atoms with Gasteiger partial charge in [0.2, 0.25) is 0 Å². The van der Waals surface area contributed by atoms with Crippen LogP contribution in [0.5, 0.6) is 17.2 Å². The number of hydrogen-bond donors (Lipinski definition) is 3. The first-order valence-electron chi connectivity index (χ1n) is 8.72. The number of hydrogen-bond acceptors (Lipinski definition) is 5. The largest absolute Gasteiger partial charge is 0.497 e. The zero-order chi connectivity index (χ0) is 21.7. The molecular formula is C22H17NO7. The molecule has 3 aromatic rings. The lowest BCUT2D eigenvalue weighted by molar-refractivity contribution is 0.0651. The maximum atomic E-state index is 12.5. The maximum Gasteiger partial charge on any atom is 0.336 e. The molecule has 3 rings (SSSR count). The number of benzene rings is 3. The molecule has 152 valence electrons. The number of carboxylic acids is 2. The van der Waals surface area contributed by atoms with Gasteiger partial charge >= 0.3 is 11.9 Å². The van der Waals surface area contributed by atoms with Crippen LogP contribution in [-0.2, 0) is 0 Å². The number of rotatable bonds is 7. The van der Waals surface area contributed by atoms with Gasteiger partial charge in [0.05, 0.1) is 23.9 Å². The van der Waals surface area contributed by atoms with Gasteiger partial charge in [-0.1, -0.05) is 12.1 Å². The predicted octanol–water partition coefficient (Wildman–Crippen LogP) is 4.14.